The Kier molecular flexibility index (Phi) is 13.2. The van der Waals surface area contributed by atoms with E-state index in [1.165, 1.54) is 0 Å². The number of nitrogen functional groups attached to an aromatic ring is 1. The van der Waals surface area contributed by atoms with Crippen LogP contribution < -0.4 is 15.9 Å². The summed E-state index contributed by atoms with van der Waals surface area (Å²) in [4.78, 5) is 18.0. The lowest BCUT2D eigenvalue weighted by molar-refractivity contribution is -0.135. The highest BCUT2D eigenvalue weighted by molar-refractivity contribution is 6.78. The van der Waals surface area contributed by atoms with Gasteiger partial charge in [-0.2, -0.15) is 0 Å². The fraction of sp³-hybridized carbons (Fsp3) is 0.600. The zero-order valence-corrected chi connectivity index (χ0v) is 19.4. The van der Waals surface area contributed by atoms with Gasteiger partial charge in [-0.25, -0.2) is 0 Å². The van der Waals surface area contributed by atoms with Crippen LogP contribution in [0.4, 0.5) is 5.69 Å². The molecule has 28 heavy (non-hydrogen) atoms. The molecule has 7 nitrogen and oxygen atoms in total. The Morgan fingerprint density at radius 1 is 0.964 bits per heavy atom. The average Bonchev–Trinajstić information content (AvgIpc) is 2.51. The highest BCUT2D eigenvalue weighted by atomic mass is 28.4. The first-order valence-electron chi connectivity index (χ1n) is 9.38. The minimum Gasteiger partial charge on any atom is -0.541 e. The molecular weight excluding hydrogens is 376 g/mol. The number of hydrogen-bond acceptors (Lipinski definition) is 5. The molecule has 0 heterocycles. The second-order valence-electron chi connectivity index (χ2n) is 7.53. The molecule has 1 rings (SSSR count). The first-order chi connectivity index (χ1) is 12.7. The molecular formula is C20H38N2O5Si. The number of nitrogens with two attached hydrogens (primary N) is 2. The lowest BCUT2D eigenvalue weighted by Gasteiger charge is -2.42. The highest BCUT2D eigenvalue weighted by Crippen LogP contribution is 2.43. The topological polar surface area (TPSA) is 136 Å². The van der Waals surface area contributed by atoms with Crippen LogP contribution in [-0.2, 0) is 16.1 Å². The van der Waals surface area contributed by atoms with Crippen LogP contribution in [0.5, 0.6) is 5.75 Å². The normalized spacial score (nSPS) is 10.7. The van der Waals surface area contributed by atoms with Crippen molar-refractivity contribution in [3.05, 3.63) is 23.8 Å². The largest absolute Gasteiger partial charge is 0.541 e. The van der Waals surface area contributed by atoms with Crippen molar-refractivity contribution in [2.75, 3.05) is 5.73 Å². The maximum atomic E-state index is 9.00. The molecule has 0 radical (unpaired) electrons. The fourth-order valence-electron chi connectivity index (χ4n) is 3.34. The Morgan fingerprint density at radius 2 is 1.32 bits per heavy atom. The highest BCUT2D eigenvalue weighted by Gasteiger charge is 2.47. The summed E-state index contributed by atoms with van der Waals surface area (Å²) in [5.74, 6) is -0.851. The Morgan fingerprint density at radius 3 is 1.61 bits per heavy atom. The Balaban J connectivity index is 0. The van der Waals surface area contributed by atoms with Crippen molar-refractivity contribution in [2.45, 2.75) is 78.6 Å². The molecule has 1 aromatic rings. The molecule has 0 saturated heterocycles. The second-order valence-corrected chi connectivity index (χ2v) is 12.9. The van der Waals surface area contributed by atoms with Crippen LogP contribution in [0.25, 0.3) is 0 Å². The molecule has 0 amide bonds. The van der Waals surface area contributed by atoms with Crippen LogP contribution in [0.1, 0.15) is 61.0 Å². The number of aliphatic carboxylic acids is 2. The zero-order chi connectivity index (χ0) is 22.7. The molecule has 0 fully saturated rings. The lowest BCUT2D eigenvalue weighted by atomic mass is 10.2. The van der Waals surface area contributed by atoms with E-state index in [1.54, 1.807) is 0 Å². The standard InChI is InChI=1S/C16H30N2OSi.2C2H4O2/c1-11(2)20(12(3)4,13(5)6)19-16-9-14(10-17)7-8-15(16)18;2*1-2(3)4/h7-9,11-13H,10,17-18H2,1-6H3;2*1H3,(H,3,4). The summed E-state index contributed by atoms with van der Waals surface area (Å²) in [6.07, 6.45) is 0. The van der Waals surface area contributed by atoms with Gasteiger partial charge < -0.3 is 26.1 Å². The van der Waals surface area contributed by atoms with Crippen LogP contribution in [0.2, 0.25) is 16.6 Å². The van der Waals surface area contributed by atoms with Gasteiger partial charge in [-0.1, -0.05) is 47.6 Å². The van der Waals surface area contributed by atoms with E-state index < -0.39 is 20.3 Å². The van der Waals surface area contributed by atoms with Crippen molar-refractivity contribution < 1.29 is 24.2 Å². The van der Waals surface area contributed by atoms with Crippen molar-refractivity contribution >= 4 is 25.9 Å². The van der Waals surface area contributed by atoms with Crippen molar-refractivity contribution in [3.8, 4) is 5.75 Å². The van der Waals surface area contributed by atoms with Gasteiger partial charge in [-0.15, -0.1) is 0 Å². The van der Waals surface area contributed by atoms with E-state index in [2.05, 4.69) is 41.5 Å². The first-order valence-corrected chi connectivity index (χ1v) is 11.5. The molecule has 0 atom stereocenters. The predicted molar refractivity (Wildman–Crippen MR) is 117 cm³/mol. The summed E-state index contributed by atoms with van der Waals surface area (Å²) in [6.45, 7) is 16.3. The van der Waals surface area contributed by atoms with E-state index in [4.69, 9.17) is 35.7 Å². The van der Waals surface area contributed by atoms with Gasteiger partial charge in [0.15, 0.2) is 0 Å². The number of rotatable bonds is 6. The SMILES string of the molecule is CC(=O)O.CC(=O)O.CC(C)[Si](Oc1cc(CN)ccc1N)(C(C)C)C(C)C. The van der Waals surface area contributed by atoms with Crippen LogP contribution in [-0.4, -0.2) is 30.5 Å². The van der Waals surface area contributed by atoms with Crippen molar-refractivity contribution in [2.24, 2.45) is 5.73 Å². The molecule has 162 valence electrons. The van der Waals surface area contributed by atoms with Gasteiger partial charge in [0.25, 0.3) is 20.3 Å². The van der Waals surface area contributed by atoms with Crippen LogP contribution in [0, 0.1) is 0 Å². The zero-order valence-electron chi connectivity index (χ0n) is 18.4. The summed E-state index contributed by atoms with van der Waals surface area (Å²) in [5.41, 5.74) is 15.2. The van der Waals surface area contributed by atoms with Crippen molar-refractivity contribution in [3.63, 3.8) is 0 Å². The number of hydrogen-bond donors (Lipinski definition) is 4. The van der Waals surface area contributed by atoms with Gasteiger partial charge in [0, 0.05) is 20.4 Å². The Hall–Kier alpha value is -2.06. The Bertz CT molecular complexity index is 577. The number of anilines is 1. The minimum absolute atomic E-state index is 0.510. The van der Waals surface area contributed by atoms with E-state index in [-0.39, 0.29) is 0 Å². The molecule has 0 bridgehead atoms. The molecule has 8 heteroatoms. The summed E-state index contributed by atoms with van der Waals surface area (Å²) >= 11 is 0. The molecule has 0 aliphatic carbocycles. The van der Waals surface area contributed by atoms with E-state index in [0.29, 0.717) is 28.9 Å². The summed E-state index contributed by atoms with van der Waals surface area (Å²) < 4.78 is 6.62. The van der Waals surface area contributed by atoms with Crippen molar-refractivity contribution in [1.82, 2.24) is 0 Å². The lowest BCUT2D eigenvalue weighted by Crippen LogP contribution is -2.50. The molecule has 0 aromatic heterocycles. The quantitative estimate of drug-likeness (QED) is 0.398. The van der Waals surface area contributed by atoms with E-state index in [0.717, 1.165) is 25.2 Å². The van der Waals surface area contributed by atoms with Gasteiger partial charge in [-0.05, 0) is 34.3 Å². The van der Waals surface area contributed by atoms with Gasteiger partial charge in [0.1, 0.15) is 5.75 Å². The third-order valence-electron chi connectivity index (χ3n) is 4.31. The van der Waals surface area contributed by atoms with Gasteiger partial charge in [0.2, 0.25) is 0 Å². The molecule has 0 spiro atoms. The van der Waals surface area contributed by atoms with E-state index in [9.17, 15) is 0 Å². The molecule has 0 saturated carbocycles. The second kappa shape index (κ2) is 13.2. The molecule has 0 aliphatic rings. The van der Waals surface area contributed by atoms with Crippen LogP contribution in [0.3, 0.4) is 0 Å². The van der Waals surface area contributed by atoms with Gasteiger partial charge >= 0.3 is 0 Å². The third-order valence-corrected chi connectivity index (χ3v) is 10.3. The third kappa shape index (κ3) is 9.75. The Labute approximate surface area is 170 Å². The van der Waals surface area contributed by atoms with Gasteiger partial charge in [0.05, 0.1) is 5.69 Å². The molecule has 1 aromatic carbocycles. The summed E-state index contributed by atoms with van der Waals surface area (Å²) in [7, 11) is -1.96. The number of benzene rings is 1. The summed E-state index contributed by atoms with van der Waals surface area (Å²) in [5, 5.41) is 14.8. The molecule has 0 aliphatic heterocycles. The minimum atomic E-state index is -1.96. The number of carboxylic acid groups (broad SMARTS) is 2. The predicted octanol–water partition coefficient (Wildman–Crippen LogP) is 4.46. The monoisotopic (exact) mass is 414 g/mol. The average molecular weight is 415 g/mol. The fourth-order valence-corrected chi connectivity index (χ4v) is 8.60. The van der Waals surface area contributed by atoms with Crippen LogP contribution >= 0.6 is 0 Å². The van der Waals surface area contributed by atoms with Crippen LogP contribution in [0.15, 0.2) is 18.2 Å². The van der Waals surface area contributed by atoms with E-state index >= 15 is 0 Å². The maximum Gasteiger partial charge on any atom is 0.300 e. The number of carboxylic acids is 2. The van der Waals surface area contributed by atoms with Gasteiger partial charge in [-0.3, -0.25) is 9.59 Å². The van der Waals surface area contributed by atoms with Crippen molar-refractivity contribution in [1.29, 1.82) is 0 Å². The smallest absolute Gasteiger partial charge is 0.300 e. The number of carbonyl (C=O) groups is 2. The first kappa shape index (κ1) is 28.1. The van der Waals surface area contributed by atoms with E-state index in [1.807, 2.05) is 18.2 Å². The summed E-state index contributed by atoms with van der Waals surface area (Å²) in [6, 6.07) is 5.87. The molecule has 0 unspecified atom stereocenters. The molecule has 6 N–H and O–H groups in total. The maximum absolute atomic E-state index is 9.00.